The zero-order valence-corrected chi connectivity index (χ0v) is 19.2. The Morgan fingerprint density at radius 2 is 1.67 bits per heavy atom. The minimum Gasteiger partial charge on any atom is -0.497 e. The number of halogens is 1. The molecule has 2 aromatic carbocycles. The van der Waals surface area contributed by atoms with Crippen molar-refractivity contribution in [3.05, 3.63) is 54.3 Å². The highest BCUT2D eigenvalue weighted by atomic mass is 32.2. The van der Waals surface area contributed by atoms with E-state index in [4.69, 9.17) is 4.74 Å². The number of para-hydroxylation sites is 1. The molecule has 8 nitrogen and oxygen atoms in total. The van der Waals surface area contributed by atoms with Crippen molar-refractivity contribution in [2.24, 2.45) is 0 Å². The highest BCUT2D eigenvalue weighted by Gasteiger charge is 2.24. The lowest BCUT2D eigenvalue weighted by Gasteiger charge is -2.34. The van der Waals surface area contributed by atoms with Gasteiger partial charge < -0.3 is 14.5 Å². The van der Waals surface area contributed by atoms with Crippen LogP contribution in [0.5, 0.6) is 5.75 Å². The van der Waals surface area contributed by atoms with Gasteiger partial charge >= 0.3 is 0 Å². The van der Waals surface area contributed by atoms with Crippen LogP contribution in [0.3, 0.4) is 0 Å². The molecule has 2 amide bonds. The molecule has 2 heterocycles. The van der Waals surface area contributed by atoms with E-state index >= 15 is 0 Å². The Labute approximate surface area is 195 Å². The average Bonchev–Trinajstić information content (AvgIpc) is 3.26. The molecule has 1 fully saturated rings. The summed E-state index contributed by atoms with van der Waals surface area (Å²) in [6, 6.07) is 13.6. The standard InChI is InChI=1S/C23H24FN5O3S/c1-16(30)27-11-13-28(14-12-27)21(31)15-33-23-26-25-22(17-7-9-18(32-2)10-8-17)29(23)20-6-4-3-5-19(20)24/h3-10H,11-15H2,1-2H3. The molecule has 0 unspecified atom stereocenters. The maximum Gasteiger partial charge on any atom is 0.233 e. The Bertz CT molecular complexity index is 1140. The topological polar surface area (TPSA) is 80.6 Å². The number of hydrogen-bond acceptors (Lipinski definition) is 6. The quantitative estimate of drug-likeness (QED) is 0.517. The average molecular weight is 470 g/mol. The molecule has 4 rings (SSSR count). The summed E-state index contributed by atoms with van der Waals surface area (Å²) < 4.78 is 21.6. The summed E-state index contributed by atoms with van der Waals surface area (Å²) in [5.74, 6) is 0.835. The van der Waals surface area contributed by atoms with Crippen molar-refractivity contribution < 1.29 is 18.7 Å². The molecule has 1 saturated heterocycles. The van der Waals surface area contributed by atoms with Gasteiger partial charge in [-0.05, 0) is 36.4 Å². The second kappa shape index (κ2) is 10.0. The van der Waals surface area contributed by atoms with Gasteiger partial charge in [-0.3, -0.25) is 14.2 Å². The van der Waals surface area contributed by atoms with Gasteiger partial charge in [-0.15, -0.1) is 10.2 Å². The lowest BCUT2D eigenvalue weighted by Crippen LogP contribution is -2.50. The van der Waals surface area contributed by atoms with Crippen molar-refractivity contribution in [1.29, 1.82) is 0 Å². The van der Waals surface area contributed by atoms with Crippen LogP contribution in [-0.2, 0) is 9.59 Å². The van der Waals surface area contributed by atoms with Crippen molar-refractivity contribution in [3.8, 4) is 22.8 Å². The number of carbonyl (C=O) groups excluding carboxylic acids is 2. The molecular weight excluding hydrogens is 445 g/mol. The number of aromatic nitrogens is 3. The molecular formula is C23H24FN5O3S. The summed E-state index contributed by atoms with van der Waals surface area (Å²) in [5.41, 5.74) is 1.04. The predicted molar refractivity (Wildman–Crippen MR) is 123 cm³/mol. The minimum absolute atomic E-state index is 0.0144. The van der Waals surface area contributed by atoms with Gasteiger partial charge in [0.15, 0.2) is 11.0 Å². The molecule has 1 aromatic heterocycles. The molecule has 0 radical (unpaired) electrons. The monoisotopic (exact) mass is 469 g/mol. The van der Waals surface area contributed by atoms with Crippen LogP contribution in [0.2, 0.25) is 0 Å². The number of amides is 2. The second-order valence-corrected chi connectivity index (χ2v) is 8.44. The van der Waals surface area contributed by atoms with Gasteiger partial charge in [-0.1, -0.05) is 23.9 Å². The molecule has 10 heteroatoms. The SMILES string of the molecule is COc1ccc(-c2nnc(SCC(=O)N3CCN(C(C)=O)CC3)n2-c2ccccc2F)cc1. The number of ether oxygens (including phenoxy) is 1. The highest BCUT2D eigenvalue weighted by Crippen LogP contribution is 2.30. The Morgan fingerprint density at radius 3 is 2.30 bits per heavy atom. The molecule has 1 aliphatic rings. The van der Waals surface area contributed by atoms with E-state index < -0.39 is 5.82 Å². The van der Waals surface area contributed by atoms with E-state index in [-0.39, 0.29) is 17.6 Å². The first-order valence-electron chi connectivity index (χ1n) is 10.5. The van der Waals surface area contributed by atoms with Crippen molar-refractivity contribution in [2.75, 3.05) is 39.0 Å². The first-order chi connectivity index (χ1) is 16.0. The molecule has 0 aliphatic carbocycles. The molecule has 33 heavy (non-hydrogen) atoms. The normalized spacial score (nSPS) is 13.8. The summed E-state index contributed by atoms with van der Waals surface area (Å²) >= 11 is 1.21. The fourth-order valence-electron chi connectivity index (χ4n) is 3.63. The first kappa shape index (κ1) is 22.8. The molecule has 0 spiro atoms. The van der Waals surface area contributed by atoms with Crippen LogP contribution in [0.1, 0.15) is 6.92 Å². The van der Waals surface area contributed by atoms with Crippen molar-refractivity contribution in [3.63, 3.8) is 0 Å². The third kappa shape index (κ3) is 5.00. The van der Waals surface area contributed by atoms with Gasteiger partial charge in [-0.2, -0.15) is 0 Å². The van der Waals surface area contributed by atoms with Gasteiger partial charge in [0.05, 0.1) is 18.6 Å². The molecule has 0 N–H and O–H groups in total. The molecule has 0 saturated carbocycles. The molecule has 0 atom stereocenters. The third-order valence-electron chi connectivity index (χ3n) is 5.48. The van der Waals surface area contributed by atoms with Crippen LogP contribution in [0, 0.1) is 5.82 Å². The van der Waals surface area contributed by atoms with Gasteiger partial charge in [0, 0.05) is 38.7 Å². The molecule has 1 aliphatic heterocycles. The zero-order chi connectivity index (χ0) is 23.4. The summed E-state index contributed by atoms with van der Waals surface area (Å²) in [6.45, 7) is 3.58. The number of hydrogen-bond donors (Lipinski definition) is 0. The smallest absolute Gasteiger partial charge is 0.233 e. The lowest BCUT2D eigenvalue weighted by molar-refractivity contribution is -0.136. The van der Waals surface area contributed by atoms with Crippen LogP contribution in [0.4, 0.5) is 4.39 Å². The van der Waals surface area contributed by atoms with Crippen molar-refractivity contribution in [1.82, 2.24) is 24.6 Å². The first-order valence-corrected chi connectivity index (χ1v) is 11.5. The van der Waals surface area contributed by atoms with Crippen LogP contribution in [-0.4, -0.2) is 75.4 Å². The Morgan fingerprint density at radius 1 is 1.00 bits per heavy atom. The van der Waals surface area contributed by atoms with Gasteiger partial charge in [-0.25, -0.2) is 4.39 Å². The van der Waals surface area contributed by atoms with E-state index in [1.54, 1.807) is 51.8 Å². The Balaban J connectivity index is 1.57. The lowest BCUT2D eigenvalue weighted by atomic mass is 10.2. The zero-order valence-electron chi connectivity index (χ0n) is 18.4. The second-order valence-electron chi connectivity index (χ2n) is 7.50. The van der Waals surface area contributed by atoms with E-state index in [9.17, 15) is 14.0 Å². The maximum absolute atomic E-state index is 14.7. The molecule has 172 valence electrons. The minimum atomic E-state index is -0.416. The van der Waals surface area contributed by atoms with Crippen LogP contribution < -0.4 is 4.74 Å². The summed E-state index contributed by atoms with van der Waals surface area (Å²) in [7, 11) is 1.59. The third-order valence-corrected chi connectivity index (χ3v) is 6.39. The maximum atomic E-state index is 14.7. The Kier molecular flexibility index (Phi) is 6.93. The van der Waals surface area contributed by atoms with E-state index in [2.05, 4.69) is 10.2 Å². The van der Waals surface area contributed by atoms with E-state index in [0.29, 0.717) is 48.6 Å². The van der Waals surface area contributed by atoms with Crippen LogP contribution >= 0.6 is 11.8 Å². The summed E-state index contributed by atoms with van der Waals surface area (Å²) in [4.78, 5) is 27.7. The Hall–Kier alpha value is -3.40. The number of benzene rings is 2. The van der Waals surface area contributed by atoms with E-state index in [0.717, 1.165) is 5.56 Å². The van der Waals surface area contributed by atoms with Gasteiger partial charge in [0.1, 0.15) is 11.6 Å². The number of piperazine rings is 1. The largest absolute Gasteiger partial charge is 0.497 e. The summed E-state index contributed by atoms with van der Waals surface area (Å²) in [6.07, 6.45) is 0. The molecule has 0 bridgehead atoms. The number of rotatable bonds is 6. The fourth-order valence-corrected chi connectivity index (χ4v) is 4.48. The number of nitrogens with zero attached hydrogens (tertiary/aromatic N) is 5. The highest BCUT2D eigenvalue weighted by molar-refractivity contribution is 7.99. The molecule has 3 aromatic rings. The van der Waals surface area contributed by atoms with Crippen molar-refractivity contribution >= 4 is 23.6 Å². The number of methoxy groups -OCH3 is 1. The predicted octanol–water partition coefficient (Wildman–Crippen LogP) is 2.86. The van der Waals surface area contributed by atoms with Crippen LogP contribution in [0.25, 0.3) is 17.1 Å². The summed E-state index contributed by atoms with van der Waals surface area (Å²) in [5, 5.41) is 8.97. The van der Waals surface area contributed by atoms with Crippen molar-refractivity contribution in [2.45, 2.75) is 12.1 Å². The number of thioether (sulfide) groups is 1. The van der Waals surface area contributed by atoms with Gasteiger partial charge in [0.25, 0.3) is 0 Å². The fraction of sp³-hybridized carbons (Fsp3) is 0.304. The van der Waals surface area contributed by atoms with E-state index in [1.165, 1.54) is 24.8 Å². The van der Waals surface area contributed by atoms with Crippen LogP contribution in [0.15, 0.2) is 53.7 Å². The number of carbonyl (C=O) groups is 2. The van der Waals surface area contributed by atoms with E-state index in [1.807, 2.05) is 12.1 Å². The van der Waals surface area contributed by atoms with Gasteiger partial charge in [0.2, 0.25) is 11.8 Å².